The van der Waals surface area contributed by atoms with E-state index in [4.69, 9.17) is 20.1 Å². The standard InChI is InChI=1S/C4H8O3.C3H6O2/c5-1-3-4(2-6)7-3;1-2-3(4)5/h3-6H,1-2H2;2H2,1H3,(H,4,5). The Bertz CT molecular complexity index is 128. The lowest BCUT2D eigenvalue weighted by Crippen LogP contribution is -2.02. The highest BCUT2D eigenvalue weighted by Gasteiger charge is 2.36. The predicted octanol–water partition coefficient (Wildman–Crippen LogP) is -0.781. The van der Waals surface area contributed by atoms with Crippen LogP contribution < -0.4 is 0 Å². The zero-order valence-corrected chi connectivity index (χ0v) is 6.93. The smallest absolute Gasteiger partial charge is 0.303 e. The van der Waals surface area contributed by atoms with Gasteiger partial charge in [-0.3, -0.25) is 4.79 Å². The average molecular weight is 178 g/mol. The van der Waals surface area contributed by atoms with Gasteiger partial charge in [-0.25, -0.2) is 0 Å². The van der Waals surface area contributed by atoms with Crippen LogP contribution in [-0.2, 0) is 9.53 Å². The summed E-state index contributed by atoms with van der Waals surface area (Å²) in [5.41, 5.74) is 0. The zero-order valence-electron chi connectivity index (χ0n) is 6.93. The molecule has 0 aromatic rings. The maximum atomic E-state index is 9.37. The van der Waals surface area contributed by atoms with E-state index in [0.29, 0.717) is 0 Å². The fourth-order valence-electron chi connectivity index (χ4n) is 0.500. The van der Waals surface area contributed by atoms with Gasteiger partial charge in [0.15, 0.2) is 0 Å². The van der Waals surface area contributed by atoms with Gasteiger partial charge in [0.2, 0.25) is 0 Å². The predicted molar refractivity (Wildman–Crippen MR) is 40.8 cm³/mol. The SMILES string of the molecule is CCC(=O)O.OCC1OC1CO. The summed E-state index contributed by atoms with van der Waals surface area (Å²) < 4.78 is 4.72. The van der Waals surface area contributed by atoms with E-state index in [1.165, 1.54) is 0 Å². The Balaban J connectivity index is 0.000000217. The molecular formula is C7H14O5. The average Bonchev–Trinajstić information content (AvgIpc) is 2.83. The normalized spacial score (nSPS) is 25.6. The molecule has 2 unspecified atom stereocenters. The molecule has 3 N–H and O–H groups in total. The van der Waals surface area contributed by atoms with E-state index >= 15 is 0 Å². The number of rotatable bonds is 3. The highest BCUT2D eigenvalue weighted by molar-refractivity contribution is 5.66. The monoisotopic (exact) mass is 178 g/mol. The van der Waals surface area contributed by atoms with Crippen molar-refractivity contribution in [2.45, 2.75) is 25.6 Å². The molecule has 0 amide bonds. The van der Waals surface area contributed by atoms with E-state index in [-0.39, 0.29) is 31.8 Å². The number of hydrogen-bond donors (Lipinski definition) is 3. The molecule has 0 radical (unpaired) electrons. The Morgan fingerprint density at radius 1 is 1.33 bits per heavy atom. The van der Waals surface area contributed by atoms with Crippen LogP contribution in [0.1, 0.15) is 13.3 Å². The third kappa shape index (κ3) is 5.06. The minimum atomic E-state index is -0.745. The summed E-state index contributed by atoms with van der Waals surface area (Å²) in [6.45, 7) is 1.67. The molecule has 1 saturated heterocycles. The summed E-state index contributed by atoms with van der Waals surface area (Å²) in [5, 5.41) is 24.3. The second-order valence-corrected chi connectivity index (χ2v) is 2.33. The Morgan fingerprint density at radius 3 is 1.75 bits per heavy atom. The molecule has 0 aliphatic carbocycles. The summed E-state index contributed by atoms with van der Waals surface area (Å²) >= 11 is 0. The lowest BCUT2D eigenvalue weighted by Gasteiger charge is -1.78. The number of aliphatic hydroxyl groups is 2. The number of hydrogen-bond acceptors (Lipinski definition) is 4. The molecule has 0 saturated carbocycles. The van der Waals surface area contributed by atoms with Gasteiger partial charge in [0.1, 0.15) is 12.2 Å². The van der Waals surface area contributed by atoms with Crippen LogP contribution in [0.15, 0.2) is 0 Å². The lowest BCUT2D eigenvalue weighted by atomic mass is 10.3. The maximum absolute atomic E-state index is 9.37. The second-order valence-electron chi connectivity index (χ2n) is 2.33. The Kier molecular flexibility index (Phi) is 5.61. The summed E-state index contributed by atoms with van der Waals surface area (Å²) in [5.74, 6) is -0.745. The molecular weight excluding hydrogens is 164 g/mol. The van der Waals surface area contributed by atoms with E-state index in [1.54, 1.807) is 6.92 Å². The fraction of sp³-hybridized carbons (Fsp3) is 0.857. The van der Waals surface area contributed by atoms with Gasteiger partial charge >= 0.3 is 5.97 Å². The van der Waals surface area contributed by atoms with Crippen molar-refractivity contribution >= 4 is 5.97 Å². The molecule has 0 aromatic heterocycles. The van der Waals surface area contributed by atoms with E-state index in [2.05, 4.69) is 0 Å². The Labute approximate surface area is 70.6 Å². The molecule has 5 heteroatoms. The molecule has 1 aliphatic rings. The molecule has 0 spiro atoms. The van der Waals surface area contributed by atoms with Crippen molar-refractivity contribution in [1.82, 2.24) is 0 Å². The molecule has 1 aliphatic heterocycles. The molecule has 1 heterocycles. The molecule has 0 aromatic carbocycles. The Morgan fingerprint density at radius 2 is 1.67 bits per heavy atom. The van der Waals surface area contributed by atoms with Crippen molar-refractivity contribution in [2.24, 2.45) is 0 Å². The first-order chi connectivity index (χ1) is 5.65. The quantitative estimate of drug-likeness (QED) is 0.493. The number of epoxide rings is 1. The number of carboxylic acid groups (broad SMARTS) is 1. The van der Waals surface area contributed by atoms with Crippen LogP contribution in [0.5, 0.6) is 0 Å². The zero-order chi connectivity index (χ0) is 9.56. The van der Waals surface area contributed by atoms with Crippen LogP contribution in [0, 0.1) is 0 Å². The van der Waals surface area contributed by atoms with Gasteiger partial charge < -0.3 is 20.1 Å². The molecule has 72 valence electrons. The van der Waals surface area contributed by atoms with Gasteiger partial charge in [0, 0.05) is 6.42 Å². The third-order valence-electron chi connectivity index (χ3n) is 1.35. The van der Waals surface area contributed by atoms with Gasteiger partial charge in [-0.15, -0.1) is 0 Å². The van der Waals surface area contributed by atoms with Gasteiger partial charge in [-0.2, -0.15) is 0 Å². The first-order valence-electron chi connectivity index (χ1n) is 3.74. The molecule has 1 fully saturated rings. The highest BCUT2D eigenvalue weighted by atomic mass is 16.6. The first-order valence-corrected chi connectivity index (χ1v) is 3.74. The fourth-order valence-corrected chi connectivity index (χ4v) is 0.500. The van der Waals surface area contributed by atoms with Gasteiger partial charge in [0.05, 0.1) is 13.2 Å². The molecule has 2 atom stereocenters. The van der Waals surface area contributed by atoms with Crippen LogP contribution in [0.2, 0.25) is 0 Å². The topological polar surface area (TPSA) is 90.3 Å². The molecule has 1 rings (SSSR count). The number of carbonyl (C=O) groups is 1. The van der Waals surface area contributed by atoms with Crippen molar-refractivity contribution in [2.75, 3.05) is 13.2 Å². The van der Waals surface area contributed by atoms with Crippen molar-refractivity contribution in [3.05, 3.63) is 0 Å². The number of aliphatic hydroxyl groups excluding tert-OH is 2. The maximum Gasteiger partial charge on any atom is 0.303 e. The van der Waals surface area contributed by atoms with Crippen LogP contribution in [0.25, 0.3) is 0 Å². The van der Waals surface area contributed by atoms with Crippen molar-refractivity contribution in [3.63, 3.8) is 0 Å². The number of ether oxygens (including phenoxy) is 1. The van der Waals surface area contributed by atoms with E-state index in [9.17, 15) is 4.79 Å². The largest absolute Gasteiger partial charge is 0.481 e. The Hall–Kier alpha value is -0.650. The van der Waals surface area contributed by atoms with E-state index < -0.39 is 5.97 Å². The van der Waals surface area contributed by atoms with E-state index in [1.807, 2.05) is 0 Å². The van der Waals surface area contributed by atoms with Crippen LogP contribution >= 0.6 is 0 Å². The summed E-state index contributed by atoms with van der Waals surface area (Å²) in [6, 6.07) is 0. The van der Waals surface area contributed by atoms with E-state index in [0.717, 1.165) is 0 Å². The molecule has 5 nitrogen and oxygen atoms in total. The second kappa shape index (κ2) is 5.93. The minimum Gasteiger partial charge on any atom is -0.481 e. The first kappa shape index (κ1) is 11.4. The number of aliphatic carboxylic acids is 1. The molecule has 12 heavy (non-hydrogen) atoms. The van der Waals surface area contributed by atoms with Crippen LogP contribution in [0.3, 0.4) is 0 Å². The summed E-state index contributed by atoms with van der Waals surface area (Å²) in [7, 11) is 0. The number of carboxylic acids is 1. The van der Waals surface area contributed by atoms with Crippen LogP contribution in [-0.4, -0.2) is 46.7 Å². The van der Waals surface area contributed by atoms with Crippen molar-refractivity contribution in [1.29, 1.82) is 0 Å². The van der Waals surface area contributed by atoms with Crippen molar-refractivity contribution < 1.29 is 24.9 Å². The summed E-state index contributed by atoms with van der Waals surface area (Å²) in [4.78, 5) is 9.37. The lowest BCUT2D eigenvalue weighted by molar-refractivity contribution is -0.136. The summed E-state index contributed by atoms with van der Waals surface area (Å²) in [6.07, 6.45) is 0.0648. The van der Waals surface area contributed by atoms with Gasteiger partial charge in [-0.05, 0) is 0 Å². The van der Waals surface area contributed by atoms with Gasteiger partial charge in [-0.1, -0.05) is 6.92 Å². The van der Waals surface area contributed by atoms with Crippen molar-refractivity contribution in [3.8, 4) is 0 Å². The highest BCUT2D eigenvalue weighted by Crippen LogP contribution is 2.19. The molecule has 0 bridgehead atoms. The van der Waals surface area contributed by atoms with Crippen LogP contribution in [0.4, 0.5) is 0 Å². The third-order valence-corrected chi connectivity index (χ3v) is 1.35. The minimum absolute atomic E-state index is 0.0330. The van der Waals surface area contributed by atoms with Gasteiger partial charge in [0.25, 0.3) is 0 Å².